The van der Waals surface area contributed by atoms with Gasteiger partial charge in [0.1, 0.15) is 6.04 Å². The number of nitrogens with one attached hydrogen (secondary N) is 2. The van der Waals surface area contributed by atoms with E-state index in [9.17, 15) is 4.79 Å². The summed E-state index contributed by atoms with van der Waals surface area (Å²) in [6.07, 6.45) is 4.18. The number of rotatable bonds is 6. The zero-order chi connectivity index (χ0) is 26.1. The summed E-state index contributed by atoms with van der Waals surface area (Å²) in [7, 11) is 0. The topological polar surface area (TPSA) is 62.2 Å². The Morgan fingerprint density at radius 3 is 2.65 bits per heavy atom. The molecule has 5 rings (SSSR count). The highest BCUT2D eigenvalue weighted by atomic mass is 35.5. The summed E-state index contributed by atoms with van der Waals surface area (Å²) < 4.78 is 2.06. The maximum Gasteiger partial charge on any atom is 0.224 e. The van der Waals surface area contributed by atoms with Crippen molar-refractivity contribution in [2.24, 2.45) is 0 Å². The van der Waals surface area contributed by atoms with Crippen molar-refractivity contribution in [2.75, 3.05) is 10.2 Å². The highest BCUT2D eigenvalue weighted by molar-refractivity contribution is 7.80. The minimum atomic E-state index is -0.236. The largest absolute Gasteiger partial charge is 0.351 e. The first kappa shape index (κ1) is 25.3. The van der Waals surface area contributed by atoms with Crippen LogP contribution in [-0.2, 0) is 4.79 Å². The van der Waals surface area contributed by atoms with Crippen LogP contribution in [0.15, 0.2) is 79.1 Å². The lowest BCUT2D eigenvalue weighted by molar-refractivity contribution is -0.115. The van der Waals surface area contributed by atoms with Gasteiger partial charge in [0.25, 0.3) is 0 Å². The number of anilines is 2. The molecular weight excluding hydrogens is 525 g/mol. The van der Waals surface area contributed by atoms with Crippen LogP contribution in [0, 0.1) is 6.92 Å². The molecule has 6 nitrogen and oxygen atoms in total. The van der Waals surface area contributed by atoms with Gasteiger partial charge in [-0.2, -0.15) is 0 Å². The number of carbonyl (C=O) groups excluding carboxylic acids is 1. The molecule has 1 amide bonds. The van der Waals surface area contributed by atoms with Gasteiger partial charge in [-0.15, -0.1) is 0 Å². The molecule has 4 aromatic rings. The summed E-state index contributed by atoms with van der Waals surface area (Å²) in [5, 5.41) is 8.16. The average molecular weight is 551 g/mol. The number of benzene rings is 2. The van der Waals surface area contributed by atoms with E-state index in [1.54, 1.807) is 12.3 Å². The van der Waals surface area contributed by atoms with Crippen LogP contribution in [0.5, 0.6) is 0 Å². The van der Waals surface area contributed by atoms with Crippen LogP contribution in [0.3, 0.4) is 0 Å². The molecule has 0 bridgehead atoms. The molecule has 1 aliphatic rings. The van der Waals surface area contributed by atoms with Gasteiger partial charge in [0.05, 0.1) is 22.4 Å². The number of halogens is 2. The van der Waals surface area contributed by atoms with Crippen molar-refractivity contribution in [1.29, 1.82) is 0 Å². The monoisotopic (exact) mass is 549 g/mol. The first-order valence-electron chi connectivity index (χ1n) is 11.9. The molecule has 2 aromatic carbocycles. The molecule has 2 N–H and O–H groups in total. The molecule has 3 heterocycles. The van der Waals surface area contributed by atoms with Gasteiger partial charge >= 0.3 is 0 Å². The van der Waals surface area contributed by atoms with Crippen molar-refractivity contribution < 1.29 is 4.79 Å². The molecular formula is C28H25Cl2N5OS. The summed E-state index contributed by atoms with van der Waals surface area (Å²) >= 11 is 18.7. The van der Waals surface area contributed by atoms with Crippen LogP contribution in [0.25, 0.3) is 5.69 Å². The second-order valence-corrected chi connectivity index (χ2v) is 10.0. The molecule has 1 saturated heterocycles. The second-order valence-electron chi connectivity index (χ2n) is 8.80. The van der Waals surface area contributed by atoms with E-state index < -0.39 is 0 Å². The smallest absolute Gasteiger partial charge is 0.224 e. The molecule has 9 heteroatoms. The summed E-state index contributed by atoms with van der Waals surface area (Å²) in [6.45, 7) is 3.81. The van der Waals surface area contributed by atoms with Gasteiger partial charge in [-0.3, -0.25) is 9.78 Å². The molecule has 188 valence electrons. The number of hydrogen-bond acceptors (Lipinski definition) is 3. The van der Waals surface area contributed by atoms with Crippen molar-refractivity contribution in [2.45, 2.75) is 32.4 Å². The standard InChI is InChI=1S/C28H25Cl2N5OS/c1-3-25(36)32-21-11-10-19(15-17(21)2)35-27(26(33-28(35)37)22-7-4-5-13-31-22)24-8-6-14-34(24)23-12-9-18(29)16-20(23)30/h4-16,26-27H,3H2,1-2H3,(H,32,36)(H,33,37)/t26-,27+/m0/s1. The SMILES string of the molecule is CCC(=O)Nc1ccc(N2C(=S)N[C@@H](c3ccccn3)[C@H]2c2cccn2-c2ccc(Cl)cc2Cl)cc1C. The molecule has 0 radical (unpaired) electrons. The van der Waals surface area contributed by atoms with Crippen molar-refractivity contribution >= 4 is 57.8 Å². The molecule has 0 aliphatic carbocycles. The van der Waals surface area contributed by atoms with Crippen LogP contribution >= 0.6 is 35.4 Å². The molecule has 2 aromatic heterocycles. The Kier molecular flexibility index (Phi) is 7.20. The molecule has 2 atom stereocenters. The molecule has 37 heavy (non-hydrogen) atoms. The fraction of sp³-hybridized carbons (Fsp3) is 0.179. The zero-order valence-electron chi connectivity index (χ0n) is 20.3. The Hall–Kier alpha value is -3.39. The second kappa shape index (κ2) is 10.5. The van der Waals surface area contributed by atoms with Crippen LogP contribution in [0.1, 0.15) is 42.4 Å². The molecule has 0 unspecified atom stereocenters. The van der Waals surface area contributed by atoms with Gasteiger partial charge in [0, 0.05) is 40.9 Å². The van der Waals surface area contributed by atoms with Crippen LogP contribution < -0.4 is 15.5 Å². The fourth-order valence-electron chi connectivity index (χ4n) is 4.64. The maximum absolute atomic E-state index is 12.0. The number of aryl methyl sites for hydroxylation is 1. The maximum atomic E-state index is 12.0. The minimum absolute atomic E-state index is 0.0278. The molecule has 0 spiro atoms. The number of pyridine rings is 1. The molecule has 0 saturated carbocycles. The van der Waals surface area contributed by atoms with Gasteiger partial charge in [0.2, 0.25) is 5.91 Å². The Bertz CT molecular complexity index is 1470. The van der Waals surface area contributed by atoms with E-state index in [0.29, 0.717) is 21.6 Å². The summed E-state index contributed by atoms with van der Waals surface area (Å²) in [5.74, 6) is -0.0278. The Labute approximate surface area is 231 Å². The van der Waals surface area contributed by atoms with Crippen LogP contribution in [0.2, 0.25) is 10.0 Å². The van der Waals surface area contributed by atoms with E-state index in [1.807, 2.05) is 74.6 Å². The minimum Gasteiger partial charge on any atom is -0.351 e. The third-order valence-electron chi connectivity index (χ3n) is 6.43. The molecule has 1 fully saturated rings. The summed E-state index contributed by atoms with van der Waals surface area (Å²) in [6, 6.07) is 20.9. The summed E-state index contributed by atoms with van der Waals surface area (Å²) in [4.78, 5) is 18.7. The number of hydrogen-bond donors (Lipinski definition) is 2. The average Bonchev–Trinajstić information content (AvgIpc) is 3.50. The lowest BCUT2D eigenvalue weighted by Gasteiger charge is -2.29. The van der Waals surface area contributed by atoms with E-state index in [0.717, 1.165) is 34.0 Å². The highest BCUT2D eigenvalue weighted by Gasteiger charge is 2.42. The Morgan fingerprint density at radius 1 is 1.11 bits per heavy atom. The lowest BCUT2D eigenvalue weighted by atomic mass is 10.00. The van der Waals surface area contributed by atoms with Gasteiger partial charge in [-0.05, 0) is 85.4 Å². The molecule has 1 aliphatic heterocycles. The van der Waals surface area contributed by atoms with Gasteiger partial charge in [0.15, 0.2) is 5.11 Å². The van der Waals surface area contributed by atoms with E-state index >= 15 is 0 Å². The number of thiocarbonyl (C=S) groups is 1. The van der Waals surface area contributed by atoms with Gasteiger partial charge < -0.3 is 20.1 Å². The Morgan fingerprint density at radius 2 is 1.95 bits per heavy atom. The normalized spacial score (nSPS) is 17.1. The van der Waals surface area contributed by atoms with Crippen LogP contribution in [-0.4, -0.2) is 20.6 Å². The predicted octanol–water partition coefficient (Wildman–Crippen LogP) is 7.01. The number of nitrogens with zero attached hydrogens (tertiary/aromatic N) is 3. The van der Waals surface area contributed by atoms with Gasteiger partial charge in [-0.1, -0.05) is 36.2 Å². The van der Waals surface area contributed by atoms with Gasteiger partial charge in [-0.25, -0.2) is 0 Å². The third kappa shape index (κ3) is 4.94. The van der Waals surface area contributed by atoms with E-state index in [-0.39, 0.29) is 18.0 Å². The first-order valence-corrected chi connectivity index (χ1v) is 13.1. The number of aromatic nitrogens is 2. The fourth-order valence-corrected chi connectivity index (χ4v) is 5.49. The first-order chi connectivity index (χ1) is 17.9. The predicted molar refractivity (Wildman–Crippen MR) is 154 cm³/mol. The Balaban J connectivity index is 1.63. The van der Waals surface area contributed by atoms with Crippen LogP contribution in [0.4, 0.5) is 11.4 Å². The highest BCUT2D eigenvalue weighted by Crippen LogP contribution is 2.43. The van der Waals surface area contributed by atoms with Crippen molar-refractivity contribution in [3.63, 3.8) is 0 Å². The number of carbonyl (C=O) groups is 1. The van der Waals surface area contributed by atoms with Crippen molar-refractivity contribution in [1.82, 2.24) is 14.9 Å². The van der Waals surface area contributed by atoms with E-state index in [4.69, 9.17) is 35.4 Å². The quantitative estimate of drug-likeness (QED) is 0.253. The number of amides is 1. The summed E-state index contributed by atoms with van der Waals surface area (Å²) in [5.41, 5.74) is 5.30. The van der Waals surface area contributed by atoms with E-state index in [1.165, 1.54) is 0 Å². The van der Waals surface area contributed by atoms with Crippen molar-refractivity contribution in [3.05, 3.63) is 106 Å². The zero-order valence-corrected chi connectivity index (χ0v) is 22.6. The van der Waals surface area contributed by atoms with Crippen molar-refractivity contribution in [3.8, 4) is 5.69 Å². The lowest BCUT2D eigenvalue weighted by Crippen LogP contribution is -2.30. The third-order valence-corrected chi connectivity index (χ3v) is 7.29. The van der Waals surface area contributed by atoms with E-state index in [2.05, 4.69) is 31.2 Å².